The van der Waals surface area contributed by atoms with E-state index in [-0.39, 0.29) is 11.5 Å². The average Bonchev–Trinajstić information content (AvgIpc) is 3.27. The topological polar surface area (TPSA) is 58.2 Å². The molecule has 2 aliphatic rings. The van der Waals surface area contributed by atoms with E-state index in [1.165, 1.54) is 16.7 Å². The van der Waals surface area contributed by atoms with Crippen LogP contribution in [0.1, 0.15) is 40.9 Å². The van der Waals surface area contributed by atoms with Crippen LogP contribution in [0.25, 0.3) is 0 Å². The van der Waals surface area contributed by atoms with Gasteiger partial charge in [0.2, 0.25) is 5.91 Å². The minimum absolute atomic E-state index is 0.208. The standard InChI is InChI=1S/C19H23N3O2/c1-13-16(14(2)21-20-13)7-8-18(23)22-10-9-19(12-22)17-6-4-3-5-15(17)11-24-19/h3-6H,7-12H2,1-2H3,(H,20,21). The SMILES string of the molecule is Cc1n[nH]c(C)c1CCC(=O)N1CCC2(C1)OCc1ccccc12. The van der Waals surface area contributed by atoms with Crippen LogP contribution in [0, 0.1) is 13.8 Å². The van der Waals surface area contributed by atoms with Crippen LogP contribution in [0.2, 0.25) is 0 Å². The molecule has 0 saturated carbocycles. The number of aromatic nitrogens is 2. The van der Waals surface area contributed by atoms with E-state index in [2.05, 4.69) is 34.5 Å². The molecular formula is C19H23N3O2. The molecule has 1 aromatic heterocycles. The number of H-pyrrole nitrogens is 1. The minimum atomic E-state index is -0.284. The van der Waals surface area contributed by atoms with E-state index in [9.17, 15) is 4.79 Å². The van der Waals surface area contributed by atoms with Gasteiger partial charge in [0.25, 0.3) is 0 Å². The molecule has 5 nitrogen and oxygen atoms in total. The molecule has 1 amide bonds. The molecule has 1 aromatic carbocycles. The summed E-state index contributed by atoms with van der Waals surface area (Å²) >= 11 is 0. The van der Waals surface area contributed by atoms with Crippen LogP contribution < -0.4 is 0 Å². The second-order valence-corrected chi connectivity index (χ2v) is 6.92. The molecule has 0 aliphatic carbocycles. The number of carbonyl (C=O) groups excluding carboxylic acids is 1. The lowest BCUT2D eigenvalue weighted by Crippen LogP contribution is -2.34. The number of nitrogens with zero attached hydrogens (tertiary/aromatic N) is 2. The van der Waals surface area contributed by atoms with Crippen molar-refractivity contribution in [3.8, 4) is 0 Å². The lowest BCUT2D eigenvalue weighted by atomic mass is 9.92. The van der Waals surface area contributed by atoms with Crippen molar-refractivity contribution in [3.05, 3.63) is 52.3 Å². The fourth-order valence-corrected chi connectivity index (χ4v) is 4.05. The fourth-order valence-electron chi connectivity index (χ4n) is 4.05. The second kappa shape index (κ2) is 5.74. The molecule has 126 valence electrons. The number of amides is 1. The van der Waals surface area contributed by atoms with Crippen molar-refractivity contribution in [3.63, 3.8) is 0 Å². The van der Waals surface area contributed by atoms with Gasteiger partial charge < -0.3 is 9.64 Å². The van der Waals surface area contributed by atoms with Gasteiger partial charge >= 0.3 is 0 Å². The summed E-state index contributed by atoms with van der Waals surface area (Å²) in [5.41, 5.74) is 5.46. The Hall–Kier alpha value is -2.14. The van der Waals surface area contributed by atoms with Gasteiger partial charge in [-0.3, -0.25) is 9.89 Å². The van der Waals surface area contributed by atoms with E-state index in [4.69, 9.17) is 4.74 Å². The van der Waals surface area contributed by atoms with Crippen molar-refractivity contribution >= 4 is 5.91 Å². The van der Waals surface area contributed by atoms with Crippen LogP contribution in [-0.4, -0.2) is 34.1 Å². The number of aryl methyl sites for hydroxylation is 2. The van der Waals surface area contributed by atoms with E-state index < -0.39 is 0 Å². The number of carbonyl (C=O) groups is 1. The summed E-state index contributed by atoms with van der Waals surface area (Å²) in [5.74, 6) is 0.208. The van der Waals surface area contributed by atoms with Gasteiger partial charge in [-0.15, -0.1) is 0 Å². The first kappa shape index (κ1) is 15.4. The Kier molecular flexibility index (Phi) is 3.68. The highest BCUT2D eigenvalue weighted by Crippen LogP contribution is 2.43. The molecule has 1 atom stereocenters. The van der Waals surface area contributed by atoms with Gasteiger partial charge in [-0.05, 0) is 43.4 Å². The van der Waals surface area contributed by atoms with E-state index in [1.54, 1.807) is 0 Å². The van der Waals surface area contributed by atoms with Crippen LogP contribution in [0.5, 0.6) is 0 Å². The molecule has 1 saturated heterocycles. The number of aromatic amines is 1. The van der Waals surface area contributed by atoms with Crippen molar-refractivity contribution in [1.29, 1.82) is 0 Å². The fraction of sp³-hybridized carbons (Fsp3) is 0.474. The summed E-state index contributed by atoms with van der Waals surface area (Å²) in [6, 6.07) is 8.38. The predicted molar refractivity (Wildman–Crippen MR) is 90.5 cm³/mol. The van der Waals surface area contributed by atoms with Gasteiger partial charge in [0, 0.05) is 18.7 Å². The van der Waals surface area contributed by atoms with Crippen molar-refractivity contribution in [1.82, 2.24) is 15.1 Å². The molecule has 5 heteroatoms. The van der Waals surface area contributed by atoms with Crippen molar-refractivity contribution < 1.29 is 9.53 Å². The number of hydrogen-bond donors (Lipinski definition) is 1. The van der Waals surface area contributed by atoms with Gasteiger partial charge in [-0.2, -0.15) is 5.10 Å². The molecule has 4 rings (SSSR count). The van der Waals surface area contributed by atoms with Gasteiger partial charge in [0.05, 0.1) is 18.8 Å². The van der Waals surface area contributed by atoms with Crippen LogP contribution in [-0.2, 0) is 28.2 Å². The second-order valence-electron chi connectivity index (χ2n) is 6.92. The maximum Gasteiger partial charge on any atom is 0.223 e. The van der Waals surface area contributed by atoms with Crippen molar-refractivity contribution in [2.24, 2.45) is 0 Å². The smallest absolute Gasteiger partial charge is 0.223 e. The largest absolute Gasteiger partial charge is 0.364 e. The molecule has 1 N–H and O–H groups in total. The first-order chi connectivity index (χ1) is 11.6. The minimum Gasteiger partial charge on any atom is -0.364 e. The maximum atomic E-state index is 12.7. The normalized spacial score (nSPS) is 22.3. The highest BCUT2D eigenvalue weighted by atomic mass is 16.5. The number of rotatable bonds is 3. The zero-order chi connectivity index (χ0) is 16.7. The zero-order valence-electron chi connectivity index (χ0n) is 14.3. The highest BCUT2D eigenvalue weighted by Gasteiger charge is 2.46. The van der Waals surface area contributed by atoms with E-state index >= 15 is 0 Å². The molecular weight excluding hydrogens is 302 g/mol. The average molecular weight is 325 g/mol. The molecule has 1 spiro atoms. The third-order valence-electron chi connectivity index (χ3n) is 5.47. The van der Waals surface area contributed by atoms with Crippen LogP contribution >= 0.6 is 0 Å². The molecule has 0 radical (unpaired) electrons. The molecule has 2 aliphatic heterocycles. The molecule has 24 heavy (non-hydrogen) atoms. The number of hydrogen-bond acceptors (Lipinski definition) is 3. The zero-order valence-corrected chi connectivity index (χ0v) is 14.3. The van der Waals surface area contributed by atoms with Gasteiger partial charge in [-0.25, -0.2) is 0 Å². The number of fused-ring (bicyclic) bond motifs is 2. The van der Waals surface area contributed by atoms with E-state index in [1.807, 2.05) is 18.7 Å². The highest BCUT2D eigenvalue weighted by molar-refractivity contribution is 5.77. The van der Waals surface area contributed by atoms with Crippen LogP contribution in [0.3, 0.4) is 0 Å². The molecule has 1 fully saturated rings. The number of likely N-dealkylation sites (tertiary alicyclic amines) is 1. The Bertz CT molecular complexity index is 763. The Balaban J connectivity index is 1.43. The number of nitrogens with one attached hydrogen (secondary N) is 1. The Morgan fingerprint density at radius 3 is 3.00 bits per heavy atom. The Morgan fingerprint density at radius 2 is 2.21 bits per heavy atom. The Morgan fingerprint density at radius 1 is 1.38 bits per heavy atom. The lowest BCUT2D eigenvalue weighted by Gasteiger charge is -2.24. The molecule has 1 unspecified atom stereocenters. The predicted octanol–water partition coefficient (Wildman–Crippen LogP) is 2.62. The monoisotopic (exact) mass is 325 g/mol. The summed E-state index contributed by atoms with van der Waals surface area (Å²) in [6.45, 7) is 6.10. The quantitative estimate of drug-likeness (QED) is 0.944. The van der Waals surface area contributed by atoms with Gasteiger partial charge in [0.15, 0.2) is 0 Å². The van der Waals surface area contributed by atoms with Gasteiger partial charge in [0.1, 0.15) is 5.60 Å². The number of benzene rings is 1. The summed E-state index contributed by atoms with van der Waals surface area (Å²) in [4.78, 5) is 14.6. The molecule has 0 bridgehead atoms. The van der Waals surface area contributed by atoms with E-state index in [0.29, 0.717) is 19.6 Å². The summed E-state index contributed by atoms with van der Waals surface area (Å²) < 4.78 is 6.13. The maximum absolute atomic E-state index is 12.7. The summed E-state index contributed by atoms with van der Waals surface area (Å²) in [7, 11) is 0. The van der Waals surface area contributed by atoms with Crippen molar-refractivity contribution in [2.75, 3.05) is 13.1 Å². The van der Waals surface area contributed by atoms with E-state index in [0.717, 1.165) is 30.8 Å². The Labute approximate surface area is 142 Å². The summed E-state index contributed by atoms with van der Waals surface area (Å²) in [5, 5.41) is 7.19. The van der Waals surface area contributed by atoms with Crippen LogP contribution in [0.15, 0.2) is 24.3 Å². The first-order valence-electron chi connectivity index (χ1n) is 8.60. The number of ether oxygens (including phenoxy) is 1. The van der Waals surface area contributed by atoms with Crippen molar-refractivity contribution in [2.45, 2.75) is 45.3 Å². The molecule has 2 aromatic rings. The van der Waals surface area contributed by atoms with Gasteiger partial charge in [-0.1, -0.05) is 24.3 Å². The summed E-state index contributed by atoms with van der Waals surface area (Å²) in [6.07, 6.45) is 2.16. The third-order valence-corrected chi connectivity index (χ3v) is 5.47. The third kappa shape index (κ3) is 2.44. The first-order valence-corrected chi connectivity index (χ1v) is 8.60. The lowest BCUT2D eigenvalue weighted by molar-refractivity contribution is -0.131. The molecule has 3 heterocycles. The van der Waals surface area contributed by atoms with Crippen LogP contribution in [0.4, 0.5) is 0 Å².